The van der Waals surface area contributed by atoms with E-state index in [9.17, 15) is 18.0 Å². The normalized spacial score (nSPS) is 21.1. The largest absolute Gasteiger partial charge is 0.407 e. The van der Waals surface area contributed by atoms with Gasteiger partial charge < -0.3 is 10.1 Å². The molecule has 90 valence electrons. The van der Waals surface area contributed by atoms with Gasteiger partial charge in [-0.15, -0.1) is 0 Å². The number of carbonyl (C=O) groups is 1. The Morgan fingerprint density at radius 2 is 2.06 bits per heavy atom. The number of aldehydes is 1. The average Bonchev–Trinajstić information content (AvgIpc) is 2.63. The zero-order chi connectivity index (χ0) is 12.5. The molecule has 0 radical (unpaired) electrons. The van der Waals surface area contributed by atoms with E-state index in [1.807, 2.05) is 0 Å². The minimum Gasteiger partial charge on any atom is -0.370 e. The molecule has 0 aliphatic carbocycles. The Hall–Kier alpha value is -1.85. The first kappa shape index (κ1) is 11.6. The van der Waals surface area contributed by atoms with Crippen LogP contribution in [0, 0.1) is 0 Å². The summed E-state index contributed by atoms with van der Waals surface area (Å²) in [6, 6.07) is 5.97. The molecule has 3 nitrogen and oxygen atoms in total. The van der Waals surface area contributed by atoms with Gasteiger partial charge in [-0.05, 0) is 6.07 Å². The van der Waals surface area contributed by atoms with E-state index in [4.69, 9.17) is 0 Å². The van der Waals surface area contributed by atoms with Crippen LogP contribution in [0.2, 0.25) is 0 Å². The number of hydrogen-bond acceptors (Lipinski definition) is 3. The summed E-state index contributed by atoms with van der Waals surface area (Å²) in [6.45, 7) is -1.28. The number of para-hydroxylation sites is 1. The summed E-state index contributed by atoms with van der Waals surface area (Å²) >= 11 is 0. The summed E-state index contributed by atoms with van der Waals surface area (Å²) in [4.78, 5) is 14.3. The fourth-order valence-corrected chi connectivity index (χ4v) is 1.69. The van der Waals surface area contributed by atoms with E-state index in [-0.39, 0.29) is 5.71 Å². The molecule has 1 unspecified atom stereocenters. The van der Waals surface area contributed by atoms with E-state index in [1.165, 1.54) is 0 Å². The molecule has 0 saturated heterocycles. The third-order valence-electron chi connectivity index (χ3n) is 2.37. The second kappa shape index (κ2) is 4.20. The Morgan fingerprint density at radius 3 is 2.71 bits per heavy atom. The number of hydrogen-bond donors (Lipinski definition) is 1. The maximum atomic E-state index is 12.1. The zero-order valence-corrected chi connectivity index (χ0v) is 8.66. The molecular weight excluding hydrogens is 233 g/mol. The van der Waals surface area contributed by atoms with Gasteiger partial charge in [-0.3, -0.25) is 4.99 Å². The molecule has 0 saturated carbocycles. The number of anilines is 1. The Bertz CT molecular complexity index is 468. The molecule has 6 heteroatoms. The molecule has 1 aromatic carbocycles. The van der Waals surface area contributed by atoms with Crippen LogP contribution in [0.25, 0.3) is 0 Å². The molecule has 0 bridgehead atoms. The summed E-state index contributed by atoms with van der Waals surface area (Å²) in [5, 5.41) is 2.80. The third kappa shape index (κ3) is 2.46. The van der Waals surface area contributed by atoms with Crippen LogP contribution in [0.4, 0.5) is 18.9 Å². The SMILES string of the molecule is O=CC1Nc2ccccc2C1=NCC(F)(F)F. The molecule has 1 heterocycles. The smallest absolute Gasteiger partial charge is 0.370 e. The minimum absolute atomic E-state index is 0.146. The van der Waals surface area contributed by atoms with Gasteiger partial charge in [-0.25, -0.2) is 0 Å². The number of alkyl halides is 3. The van der Waals surface area contributed by atoms with Crippen molar-refractivity contribution in [3.8, 4) is 0 Å². The van der Waals surface area contributed by atoms with Crippen molar-refractivity contribution in [3.63, 3.8) is 0 Å². The number of fused-ring (bicyclic) bond motifs is 1. The van der Waals surface area contributed by atoms with Crippen molar-refractivity contribution >= 4 is 17.7 Å². The van der Waals surface area contributed by atoms with Crippen molar-refractivity contribution in [1.82, 2.24) is 0 Å². The number of aliphatic imine (C=N–C) groups is 1. The Balaban J connectivity index is 2.34. The van der Waals surface area contributed by atoms with E-state index in [0.717, 1.165) is 0 Å². The van der Waals surface area contributed by atoms with Gasteiger partial charge in [-0.1, -0.05) is 18.2 Å². The van der Waals surface area contributed by atoms with Crippen molar-refractivity contribution < 1.29 is 18.0 Å². The van der Waals surface area contributed by atoms with Gasteiger partial charge in [0.1, 0.15) is 18.9 Å². The molecule has 1 atom stereocenters. The van der Waals surface area contributed by atoms with Crippen molar-refractivity contribution in [2.75, 3.05) is 11.9 Å². The highest BCUT2D eigenvalue weighted by molar-refractivity contribution is 6.20. The number of halogens is 3. The predicted molar refractivity (Wildman–Crippen MR) is 57.4 cm³/mol. The van der Waals surface area contributed by atoms with Crippen LogP contribution in [0.5, 0.6) is 0 Å². The van der Waals surface area contributed by atoms with E-state index >= 15 is 0 Å². The average molecular weight is 242 g/mol. The van der Waals surface area contributed by atoms with Crippen LogP contribution in [0.15, 0.2) is 29.3 Å². The van der Waals surface area contributed by atoms with Crippen LogP contribution < -0.4 is 5.32 Å². The standard InChI is InChI=1S/C11H9F3N2O/c12-11(13,14)6-15-10-7-3-1-2-4-8(7)16-9(10)5-17/h1-5,9,16H,6H2. The lowest BCUT2D eigenvalue weighted by Crippen LogP contribution is -2.26. The molecule has 0 spiro atoms. The first-order valence-electron chi connectivity index (χ1n) is 4.93. The molecule has 17 heavy (non-hydrogen) atoms. The second-order valence-electron chi connectivity index (χ2n) is 3.62. The molecule has 1 aromatic rings. The van der Waals surface area contributed by atoms with Crippen molar-refractivity contribution in [2.24, 2.45) is 4.99 Å². The molecule has 2 rings (SSSR count). The van der Waals surface area contributed by atoms with Crippen LogP contribution >= 0.6 is 0 Å². The van der Waals surface area contributed by atoms with Crippen LogP contribution in [0.3, 0.4) is 0 Å². The van der Waals surface area contributed by atoms with Crippen molar-refractivity contribution in [1.29, 1.82) is 0 Å². The number of nitrogens with one attached hydrogen (secondary N) is 1. The number of nitrogens with zero attached hydrogens (tertiary/aromatic N) is 1. The van der Waals surface area contributed by atoms with Gasteiger partial charge in [-0.2, -0.15) is 13.2 Å². The Morgan fingerprint density at radius 1 is 1.35 bits per heavy atom. The van der Waals surface area contributed by atoms with Crippen LogP contribution in [-0.4, -0.2) is 30.8 Å². The first-order chi connectivity index (χ1) is 8.01. The molecule has 1 N–H and O–H groups in total. The fourth-order valence-electron chi connectivity index (χ4n) is 1.69. The highest BCUT2D eigenvalue weighted by Gasteiger charge is 2.31. The summed E-state index contributed by atoms with van der Waals surface area (Å²) in [6.07, 6.45) is -3.81. The Labute approximate surface area is 95.4 Å². The molecule has 1 aliphatic rings. The topological polar surface area (TPSA) is 41.5 Å². The molecule has 0 amide bonds. The molecule has 1 aliphatic heterocycles. The lowest BCUT2D eigenvalue weighted by molar-refractivity contribution is -0.118. The molecule has 0 aromatic heterocycles. The summed E-state index contributed by atoms with van der Waals surface area (Å²) in [5.74, 6) is 0. The zero-order valence-electron chi connectivity index (χ0n) is 8.66. The van der Waals surface area contributed by atoms with E-state index in [2.05, 4.69) is 10.3 Å². The van der Waals surface area contributed by atoms with Gasteiger partial charge in [0.15, 0.2) is 0 Å². The van der Waals surface area contributed by atoms with Gasteiger partial charge in [0.25, 0.3) is 0 Å². The quantitative estimate of drug-likeness (QED) is 0.806. The van der Waals surface area contributed by atoms with Gasteiger partial charge >= 0.3 is 6.18 Å². The lowest BCUT2D eigenvalue weighted by atomic mass is 10.1. The summed E-state index contributed by atoms with van der Waals surface area (Å²) < 4.78 is 36.3. The fraction of sp³-hybridized carbons (Fsp3) is 0.273. The van der Waals surface area contributed by atoms with E-state index < -0.39 is 18.8 Å². The maximum Gasteiger partial charge on any atom is 0.407 e. The van der Waals surface area contributed by atoms with Crippen molar-refractivity contribution in [2.45, 2.75) is 12.2 Å². The number of carbonyl (C=O) groups excluding carboxylic acids is 1. The van der Waals surface area contributed by atoms with Gasteiger partial charge in [0.2, 0.25) is 0 Å². The van der Waals surface area contributed by atoms with E-state index in [1.54, 1.807) is 24.3 Å². The molecule has 0 fully saturated rings. The highest BCUT2D eigenvalue weighted by atomic mass is 19.4. The van der Waals surface area contributed by atoms with Gasteiger partial charge in [0.05, 0.1) is 5.71 Å². The molecular formula is C11H9F3N2O. The third-order valence-corrected chi connectivity index (χ3v) is 2.37. The summed E-state index contributed by atoms with van der Waals surface area (Å²) in [5.41, 5.74) is 1.33. The van der Waals surface area contributed by atoms with E-state index in [0.29, 0.717) is 17.5 Å². The monoisotopic (exact) mass is 242 g/mol. The van der Waals surface area contributed by atoms with Crippen LogP contribution in [-0.2, 0) is 4.79 Å². The minimum atomic E-state index is -4.36. The highest BCUT2D eigenvalue weighted by Crippen LogP contribution is 2.26. The lowest BCUT2D eigenvalue weighted by Gasteiger charge is -2.06. The summed E-state index contributed by atoms with van der Waals surface area (Å²) in [7, 11) is 0. The number of rotatable bonds is 2. The second-order valence-corrected chi connectivity index (χ2v) is 3.62. The Kier molecular flexibility index (Phi) is 2.87. The van der Waals surface area contributed by atoms with Crippen LogP contribution in [0.1, 0.15) is 5.56 Å². The van der Waals surface area contributed by atoms with Gasteiger partial charge in [0, 0.05) is 11.3 Å². The predicted octanol–water partition coefficient (Wildman–Crippen LogP) is 2.03. The maximum absolute atomic E-state index is 12.1. The van der Waals surface area contributed by atoms with Crippen molar-refractivity contribution in [3.05, 3.63) is 29.8 Å². The first-order valence-corrected chi connectivity index (χ1v) is 4.93. The number of benzene rings is 1.